The second kappa shape index (κ2) is 8.96. The molecule has 1 unspecified atom stereocenters. The van der Waals surface area contributed by atoms with Gasteiger partial charge in [-0.2, -0.15) is 5.26 Å². The van der Waals surface area contributed by atoms with Gasteiger partial charge in [0.25, 0.3) is 5.91 Å². The van der Waals surface area contributed by atoms with Crippen LogP contribution in [0.15, 0.2) is 88.5 Å². The molecule has 178 valence electrons. The van der Waals surface area contributed by atoms with Gasteiger partial charge in [0.05, 0.1) is 37.5 Å². The number of aliphatic hydroxyl groups is 1. The maximum atomic E-state index is 13.8. The molecule has 0 bridgehead atoms. The Labute approximate surface area is 206 Å². The number of fused-ring (bicyclic) bond motifs is 1. The summed E-state index contributed by atoms with van der Waals surface area (Å²) in [5.74, 6) is -1.02. The highest BCUT2D eigenvalue weighted by atomic mass is 16.5. The van der Waals surface area contributed by atoms with Gasteiger partial charge in [-0.1, -0.05) is 24.3 Å². The average molecular weight is 480 g/mol. The Bertz CT molecular complexity index is 1560. The maximum Gasteiger partial charge on any atom is 0.294 e. The van der Waals surface area contributed by atoms with Crippen LogP contribution in [0.3, 0.4) is 0 Å². The monoisotopic (exact) mass is 480 g/mol. The average Bonchev–Trinajstić information content (AvgIpc) is 3.47. The standard InChI is InChI=1S/C28H20N2O6/c1-34-20-12-8-17(9-13-20)24-23(25(31)22-14-18-4-3-5-21(35-2)27(18)36-22)26(32)28(33)30(24)19-10-6-16(15-29)7-11-19/h3-14,24,32H,1-2H3. The van der Waals surface area contributed by atoms with E-state index in [2.05, 4.69) is 0 Å². The zero-order chi connectivity index (χ0) is 25.4. The minimum atomic E-state index is -0.945. The number of rotatable bonds is 6. The normalized spacial score (nSPS) is 15.3. The van der Waals surface area contributed by atoms with Crippen LogP contribution in [0.5, 0.6) is 11.5 Å². The van der Waals surface area contributed by atoms with E-state index in [9.17, 15) is 14.7 Å². The summed E-state index contributed by atoms with van der Waals surface area (Å²) in [7, 11) is 3.03. The number of ketones is 1. The fourth-order valence-corrected chi connectivity index (χ4v) is 4.34. The fourth-order valence-electron chi connectivity index (χ4n) is 4.34. The van der Waals surface area contributed by atoms with Gasteiger partial charge in [0.2, 0.25) is 5.78 Å². The van der Waals surface area contributed by atoms with Crippen LogP contribution in [0.1, 0.15) is 27.7 Å². The van der Waals surface area contributed by atoms with Gasteiger partial charge in [-0.05, 0) is 54.1 Å². The van der Waals surface area contributed by atoms with Crippen molar-refractivity contribution in [3.8, 4) is 17.6 Å². The summed E-state index contributed by atoms with van der Waals surface area (Å²) >= 11 is 0. The zero-order valence-electron chi connectivity index (χ0n) is 19.4. The van der Waals surface area contributed by atoms with E-state index in [1.165, 1.54) is 19.1 Å². The number of nitrogens with zero attached hydrogens (tertiary/aromatic N) is 2. The molecule has 1 amide bonds. The zero-order valence-corrected chi connectivity index (χ0v) is 19.4. The van der Waals surface area contributed by atoms with Crippen LogP contribution >= 0.6 is 0 Å². The molecule has 0 saturated heterocycles. The minimum absolute atomic E-state index is 0.0379. The highest BCUT2D eigenvalue weighted by Crippen LogP contribution is 2.43. The highest BCUT2D eigenvalue weighted by Gasteiger charge is 2.45. The van der Waals surface area contributed by atoms with Crippen molar-refractivity contribution in [1.82, 2.24) is 0 Å². The second-order valence-corrected chi connectivity index (χ2v) is 8.09. The van der Waals surface area contributed by atoms with Crippen molar-refractivity contribution in [3.63, 3.8) is 0 Å². The van der Waals surface area contributed by atoms with Gasteiger partial charge in [0.15, 0.2) is 22.9 Å². The first-order chi connectivity index (χ1) is 17.5. The number of hydrogen-bond donors (Lipinski definition) is 1. The molecule has 36 heavy (non-hydrogen) atoms. The molecule has 0 radical (unpaired) electrons. The van der Waals surface area contributed by atoms with E-state index in [-0.39, 0.29) is 11.3 Å². The molecule has 3 aromatic carbocycles. The summed E-state index contributed by atoms with van der Waals surface area (Å²) in [4.78, 5) is 28.4. The molecular formula is C28H20N2O6. The summed E-state index contributed by atoms with van der Waals surface area (Å²) < 4.78 is 16.4. The topological polar surface area (TPSA) is 113 Å². The molecule has 0 saturated carbocycles. The minimum Gasteiger partial charge on any atom is -0.503 e. The Morgan fingerprint density at radius 3 is 2.39 bits per heavy atom. The van der Waals surface area contributed by atoms with E-state index in [0.717, 1.165) is 0 Å². The number of Topliss-reactive ketones (excluding diaryl/α,β-unsaturated/α-hetero) is 1. The molecule has 4 aromatic rings. The Balaban J connectivity index is 1.65. The molecule has 0 fully saturated rings. The van der Waals surface area contributed by atoms with Crippen molar-refractivity contribution in [1.29, 1.82) is 5.26 Å². The van der Waals surface area contributed by atoms with Gasteiger partial charge in [0.1, 0.15) is 5.75 Å². The van der Waals surface area contributed by atoms with Gasteiger partial charge in [-0.3, -0.25) is 14.5 Å². The Morgan fingerprint density at radius 1 is 1.03 bits per heavy atom. The Morgan fingerprint density at radius 2 is 1.75 bits per heavy atom. The second-order valence-electron chi connectivity index (χ2n) is 8.09. The number of amides is 1. The quantitative estimate of drug-likeness (QED) is 0.382. The van der Waals surface area contributed by atoms with E-state index in [4.69, 9.17) is 19.2 Å². The first-order valence-corrected chi connectivity index (χ1v) is 11.0. The SMILES string of the molecule is COc1ccc(C2C(C(=O)c3cc4cccc(OC)c4o3)=C(O)C(=O)N2c2ccc(C#N)cc2)cc1. The molecule has 2 heterocycles. The summed E-state index contributed by atoms with van der Waals surface area (Å²) in [6.07, 6.45) is 0. The molecule has 8 heteroatoms. The smallest absolute Gasteiger partial charge is 0.294 e. The van der Waals surface area contributed by atoms with E-state index in [1.807, 2.05) is 6.07 Å². The summed E-state index contributed by atoms with van der Waals surface area (Å²) in [6.45, 7) is 0. The molecule has 0 spiro atoms. The first kappa shape index (κ1) is 22.7. The Hall–Kier alpha value is -5.03. The van der Waals surface area contributed by atoms with Gasteiger partial charge >= 0.3 is 0 Å². The lowest BCUT2D eigenvalue weighted by Crippen LogP contribution is -2.31. The van der Waals surface area contributed by atoms with Crippen molar-refractivity contribution in [3.05, 3.63) is 101 Å². The molecule has 1 aromatic heterocycles. The van der Waals surface area contributed by atoms with Gasteiger partial charge in [-0.25, -0.2) is 0 Å². The summed E-state index contributed by atoms with van der Waals surface area (Å²) in [5, 5.41) is 20.8. The van der Waals surface area contributed by atoms with Crippen molar-refractivity contribution >= 4 is 28.3 Å². The van der Waals surface area contributed by atoms with Crippen molar-refractivity contribution in [2.75, 3.05) is 19.1 Å². The number of anilines is 1. The van der Waals surface area contributed by atoms with E-state index >= 15 is 0 Å². The predicted octanol–water partition coefficient (Wildman–Crippen LogP) is 5.10. The van der Waals surface area contributed by atoms with Crippen LogP contribution in [0.2, 0.25) is 0 Å². The number of hydrogen-bond acceptors (Lipinski definition) is 7. The summed E-state index contributed by atoms with van der Waals surface area (Å²) in [6, 6.07) is 21.1. The number of nitriles is 1. The molecular weight excluding hydrogens is 460 g/mol. The lowest BCUT2D eigenvalue weighted by atomic mass is 9.94. The third kappa shape index (κ3) is 3.63. The van der Waals surface area contributed by atoms with Crippen molar-refractivity contribution in [2.45, 2.75) is 6.04 Å². The number of aliphatic hydroxyl groups excluding tert-OH is 1. The van der Waals surface area contributed by atoms with Crippen LogP contribution in [-0.2, 0) is 4.79 Å². The predicted molar refractivity (Wildman–Crippen MR) is 131 cm³/mol. The molecule has 0 aliphatic carbocycles. The van der Waals surface area contributed by atoms with Gasteiger partial charge in [0, 0.05) is 11.1 Å². The van der Waals surface area contributed by atoms with E-state index < -0.39 is 23.5 Å². The van der Waals surface area contributed by atoms with E-state index in [0.29, 0.717) is 39.3 Å². The number of carbonyl (C=O) groups excluding carboxylic acids is 2. The van der Waals surface area contributed by atoms with Crippen LogP contribution in [0.25, 0.3) is 11.0 Å². The third-order valence-electron chi connectivity index (χ3n) is 6.11. The van der Waals surface area contributed by atoms with Crippen LogP contribution in [0.4, 0.5) is 5.69 Å². The first-order valence-electron chi connectivity index (χ1n) is 11.0. The molecule has 1 N–H and O–H groups in total. The van der Waals surface area contributed by atoms with Gasteiger partial charge < -0.3 is 19.0 Å². The molecule has 1 atom stereocenters. The number of ether oxygens (including phenoxy) is 2. The largest absolute Gasteiger partial charge is 0.503 e. The van der Waals surface area contributed by atoms with Gasteiger partial charge in [-0.15, -0.1) is 0 Å². The van der Waals surface area contributed by atoms with Crippen molar-refractivity contribution < 1.29 is 28.6 Å². The summed E-state index contributed by atoms with van der Waals surface area (Å²) in [5.41, 5.74) is 1.68. The molecule has 1 aliphatic heterocycles. The maximum absolute atomic E-state index is 13.8. The van der Waals surface area contributed by atoms with E-state index in [1.54, 1.807) is 72.8 Å². The highest BCUT2D eigenvalue weighted by molar-refractivity contribution is 6.20. The number of para-hydroxylation sites is 1. The lowest BCUT2D eigenvalue weighted by Gasteiger charge is -2.27. The van der Waals surface area contributed by atoms with Crippen molar-refractivity contribution in [2.24, 2.45) is 0 Å². The number of benzene rings is 3. The fraction of sp³-hybridized carbons (Fsp3) is 0.107. The van der Waals surface area contributed by atoms with Crippen LogP contribution in [0, 0.1) is 11.3 Å². The molecule has 8 nitrogen and oxygen atoms in total. The Kier molecular flexibility index (Phi) is 5.66. The number of carbonyl (C=O) groups is 2. The number of methoxy groups -OCH3 is 2. The molecule has 1 aliphatic rings. The lowest BCUT2D eigenvalue weighted by molar-refractivity contribution is -0.117. The van der Waals surface area contributed by atoms with Crippen LogP contribution < -0.4 is 14.4 Å². The van der Waals surface area contributed by atoms with Crippen LogP contribution in [-0.4, -0.2) is 31.0 Å². The number of furan rings is 1. The third-order valence-corrected chi connectivity index (χ3v) is 6.11. The molecule has 5 rings (SSSR count).